The fourth-order valence-corrected chi connectivity index (χ4v) is 3.66. The van der Waals surface area contributed by atoms with Crippen molar-refractivity contribution in [3.8, 4) is 10.6 Å². The minimum atomic E-state index is -0.643. The van der Waals surface area contributed by atoms with Gasteiger partial charge < -0.3 is 14.5 Å². The second kappa shape index (κ2) is 8.49. The molecule has 0 spiro atoms. The molecule has 142 valence electrons. The first-order valence-corrected chi connectivity index (χ1v) is 9.61. The summed E-state index contributed by atoms with van der Waals surface area (Å²) >= 11 is 7.27. The Balaban J connectivity index is 1.52. The van der Waals surface area contributed by atoms with Gasteiger partial charge in [0, 0.05) is 49.1 Å². The van der Waals surface area contributed by atoms with Crippen LogP contribution in [0.3, 0.4) is 0 Å². The Labute approximate surface area is 165 Å². The van der Waals surface area contributed by atoms with Crippen LogP contribution >= 0.6 is 22.9 Å². The fourth-order valence-electron chi connectivity index (χ4n) is 2.68. The van der Waals surface area contributed by atoms with Crippen LogP contribution in [0.4, 0.5) is 0 Å². The zero-order valence-electron chi connectivity index (χ0n) is 14.7. The zero-order chi connectivity index (χ0) is 19.4. The number of carbonyl (C=O) groups is 3. The van der Waals surface area contributed by atoms with Crippen molar-refractivity contribution in [1.29, 1.82) is 0 Å². The normalized spacial score (nSPS) is 14.1. The Bertz CT molecular complexity index is 862. The van der Waals surface area contributed by atoms with Crippen LogP contribution in [0.25, 0.3) is 10.6 Å². The van der Waals surface area contributed by atoms with E-state index in [0.717, 1.165) is 5.56 Å². The molecular weight excluding hydrogens is 390 g/mol. The van der Waals surface area contributed by atoms with Crippen LogP contribution in [0.5, 0.6) is 0 Å². The number of thiazole rings is 1. The standard InChI is InChI=1S/C18H18ClN3O4S/c1-12(23)21-5-7-22(8-6-21)16(24)10-26-18(25)15-11-27-17(20-15)13-3-2-4-14(19)9-13/h2-4,9,11H,5-8,10H2,1H3. The molecular formula is C18H18ClN3O4S. The smallest absolute Gasteiger partial charge is 0.358 e. The summed E-state index contributed by atoms with van der Waals surface area (Å²) in [5.74, 6) is -0.931. The number of rotatable bonds is 4. The highest BCUT2D eigenvalue weighted by Crippen LogP contribution is 2.26. The average molecular weight is 408 g/mol. The van der Waals surface area contributed by atoms with Crippen LogP contribution in [0.15, 0.2) is 29.6 Å². The Kier molecular flexibility index (Phi) is 6.08. The minimum Gasteiger partial charge on any atom is -0.451 e. The van der Waals surface area contributed by atoms with E-state index in [1.54, 1.807) is 27.3 Å². The Hall–Kier alpha value is -2.45. The van der Waals surface area contributed by atoms with Gasteiger partial charge in [-0.05, 0) is 12.1 Å². The number of hydrogen-bond acceptors (Lipinski definition) is 6. The summed E-state index contributed by atoms with van der Waals surface area (Å²) in [6.07, 6.45) is 0. The zero-order valence-corrected chi connectivity index (χ0v) is 16.3. The van der Waals surface area contributed by atoms with Crippen molar-refractivity contribution in [2.24, 2.45) is 0 Å². The summed E-state index contributed by atoms with van der Waals surface area (Å²) < 4.78 is 5.10. The molecule has 1 aliphatic rings. The molecule has 0 radical (unpaired) electrons. The van der Waals surface area contributed by atoms with E-state index in [1.807, 2.05) is 12.1 Å². The van der Waals surface area contributed by atoms with Crippen LogP contribution in [-0.4, -0.2) is 65.4 Å². The van der Waals surface area contributed by atoms with Crippen molar-refractivity contribution < 1.29 is 19.1 Å². The van der Waals surface area contributed by atoms with Crippen molar-refractivity contribution in [3.05, 3.63) is 40.4 Å². The SMILES string of the molecule is CC(=O)N1CCN(C(=O)COC(=O)c2csc(-c3cccc(Cl)c3)n2)CC1. The van der Waals surface area contributed by atoms with E-state index in [0.29, 0.717) is 36.2 Å². The highest BCUT2D eigenvalue weighted by atomic mass is 35.5. The monoisotopic (exact) mass is 407 g/mol. The molecule has 1 saturated heterocycles. The van der Waals surface area contributed by atoms with Gasteiger partial charge in [-0.2, -0.15) is 0 Å². The minimum absolute atomic E-state index is 0.00688. The van der Waals surface area contributed by atoms with Crippen LogP contribution in [-0.2, 0) is 14.3 Å². The first kappa shape index (κ1) is 19.3. The predicted octanol–water partition coefficient (Wildman–Crippen LogP) is 2.31. The first-order valence-electron chi connectivity index (χ1n) is 8.36. The van der Waals surface area contributed by atoms with Gasteiger partial charge in [0.2, 0.25) is 5.91 Å². The molecule has 9 heteroatoms. The van der Waals surface area contributed by atoms with Gasteiger partial charge in [0.1, 0.15) is 5.01 Å². The van der Waals surface area contributed by atoms with Gasteiger partial charge >= 0.3 is 5.97 Å². The molecule has 1 fully saturated rings. The number of piperazine rings is 1. The number of aromatic nitrogens is 1. The van der Waals surface area contributed by atoms with Crippen molar-refractivity contribution in [1.82, 2.24) is 14.8 Å². The second-order valence-corrected chi connectivity index (χ2v) is 7.31. The third-order valence-electron chi connectivity index (χ3n) is 4.19. The molecule has 2 amide bonds. The average Bonchev–Trinajstić information content (AvgIpc) is 3.16. The van der Waals surface area contributed by atoms with Gasteiger partial charge in [0.05, 0.1) is 0 Å². The third-order valence-corrected chi connectivity index (χ3v) is 5.32. The van der Waals surface area contributed by atoms with Crippen molar-refractivity contribution in [2.45, 2.75) is 6.92 Å². The fraction of sp³-hybridized carbons (Fsp3) is 0.333. The highest BCUT2D eigenvalue weighted by molar-refractivity contribution is 7.13. The molecule has 0 N–H and O–H groups in total. The van der Waals surface area contributed by atoms with E-state index in [2.05, 4.69) is 4.98 Å². The van der Waals surface area contributed by atoms with Gasteiger partial charge in [-0.25, -0.2) is 9.78 Å². The van der Waals surface area contributed by atoms with Crippen LogP contribution < -0.4 is 0 Å². The van der Waals surface area contributed by atoms with Crippen LogP contribution in [0.1, 0.15) is 17.4 Å². The molecule has 0 atom stereocenters. The maximum Gasteiger partial charge on any atom is 0.358 e. The quantitative estimate of drug-likeness (QED) is 0.726. The van der Waals surface area contributed by atoms with E-state index in [1.165, 1.54) is 18.3 Å². The summed E-state index contributed by atoms with van der Waals surface area (Å²) in [6, 6.07) is 7.18. The van der Waals surface area contributed by atoms with E-state index in [4.69, 9.17) is 16.3 Å². The van der Waals surface area contributed by atoms with Gasteiger partial charge in [-0.3, -0.25) is 9.59 Å². The maximum absolute atomic E-state index is 12.2. The van der Waals surface area contributed by atoms with Gasteiger partial charge in [0.15, 0.2) is 12.3 Å². The molecule has 2 heterocycles. The van der Waals surface area contributed by atoms with Crippen LogP contribution in [0, 0.1) is 0 Å². The molecule has 0 saturated carbocycles. The molecule has 7 nitrogen and oxygen atoms in total. The van der Waals surface area contributed by atoms with Crippen LogP contribution in [0.2, 0.25) is 5.02 Å². The summed E-state index contributed by atoms with van der Waals surface area (Å²) in [7, 11) is 0. The summed E-state index contributed by atoms with van der Waals surface area (Å²) in [5.41, 5.74) is 0.968. The van der Waals surface area contributed by atoms with Gasteiger partial charge in [0.25, 0.3) is 5.91 Å². The Morgan fingerprint density at radius 1 is 1.19 bits per heavy atom. The number of halogens is 1. The maximum atomic E-state index is 12.2. The van der Waals surface area contributed by atoms with Crippen molar-refractivity contribution in [3.63, 3.8) is 0 Å². The number of nitrogens with zero attached hydrogens (tertiary/aromatic N) is 3. The van der Waals surface area contributed by atoms with Gasteiger partial charge in [-0.15, -0.1) is 11.3 Å². The second-order valence-electron chi connectivity index (χ2n) is 6.01. The molecule has 1 aliphatic heterocycles. The highest BCUT2D eigenvalue weighted by Gasteiger charge is 2.23. The topological polar surface area (TPSA) is 79.8 Å². The summed E-state index contributed by atoms with van der Waals surface area (Å²) in [5, 5.41) is 2.83. The molecule has 3 rings (SSSR count). The lowest BCUT2D eigenvalue weighted by Crippen LogP contribution is -2.51. The number of esters is 1. The summed E-state index contributed by atoms with van der Waals surface area (Å²) in [6.45, 7) is 3.01. The number of amides is 2. The lowest BCUT2D eigenvalue weighted by Gasteiger charge is -2.34. The number of carbonyl (C=O) groups excluding carboxylic acids is 3. The van der Waals surface area contributed by atoms with E-state index < -0.39 is 5.97 Å². The number of ether oxygens (including phenoxy) is 1. The predicted molar refractivity (Wildman–Crippen MR) is 102 cm³/mol. The lowest BCUT2D eigenvalue weighted by atomic mass is 10.2. The Morgan fingerprint density at radius 3 is 2.56 bits per heavy atom. The third kappa shape index (κ3) is 4.84. The van der Waals surface area contributed by atoms with E-state index >= 15 is 0 Å². The molecule has 0 bridgehead atoms. The van der Waals surface area contributed by atoms with Gasteiger partial charge in [-0.1, -0.05) is 23.7 Å². The number of benzene rings is 1. The molecule has 0 unspecified atom stereocenters. The molecule has 1 aromatic heterocycles. The molecule has 1 aromatic carbocycles. The summed E-state index contributed by atoms with van der Waals surface area (Å²) in [4.78, 5) is 43.2. The molecule has 0 aliphatic carbocycles. The Morgan fingerprint density at radius 2 is 1.89 bits per heavy atom. The first-order chi connectivity index (χ1) is 12.9. The number of hydrogen-bond donors (Lipinski definition) is 0. The molecule has 27 heavy (non-hydrogen) atoms. The largest absolute Gasteiger partial charge is 0.451 e. The van der Waals surface area contributed by atoms with Crippen molar-refractivity contribution in [2.75, 3.05) is 32.8 Å². The molecule has 2 aromatic rings. The van der Waals surface area contributed by atoms with E-state index in [-0.39, 0.29) is 24.1 Å². The van der Waals surface area contributed by atoms with Crippen molar-refractivity contribution >= 4 is 40.7 Å². The van der Waals surface area contributed by atoms with E-state index in [9.17, 15) is 14.4 Å². The lowest BCUT2D eigenvalue weighted by molar-refractivity contribution is -0.140.